The minimum absolute atomic E-state index is 0.145. The molecule has 2 atom stereocenters. The van der Waals surface area contributed by atoms with Crippen LogP contribution in [0.15, 0.2) is 18.2 Å². The molecule has 0 aromatic heterocycles. The Morgan fingerprint density at radius 3 is 2.57 bits per heavy atom. The molecule has 3 heteroatoms. The average Bonchev–Trinajstić information content (AvgIpc) is 2.20. The summed E-state index contributed by atoms with van der Waals surface area (Å²) in [6, 6.07) is 3.68. The Balaban J connectivity index is 3.01. The van der Waals surface area contributed by atoms with Gasteiger partial charge >= 0.3 is 0 Å². The second-order valence-electron chi connectivity index (χ2n) is 3.55. The summed E-state index contributed by atoms with van der Waals surface area (Å²) in [6.07, 6.45) is 0.844. The van der Waals surface area contributed by atoms with E-state index in [4.69, 9.17) is 5.73 Å². The topological polar surface area (TPSA) is 26.0 Å². The molecule has 1 aromatic rings. The molecule has 0 aliphatic carbocycles. The Bertz CT molecular complexity index is 312. The van der Waals surface area contributed by atoms with Crippen LogP contribution in [-0.2, 0) is 0 Å². The van der Waals surface area contributed by atoms with Gasteiger partial charge in [0.15, 0.2) is 11.6 Å². The van der Waals surface area contributed by atoms with Gasteiger partial charge in [-0.3, -0.25) is 0 Å². The molecule has 14 heavy (non-hydrogen) atoms. The fraction of sp³-hybridized carbons (Fsp3) is 0.455. The maximum atomic E-state index is 13.3. The Morgan fingerprint density at radius 1 is 1.36 bits per heavy atom. The molecule has 0 saturated carbocycles. The summed E-state index contributed by atoms with van der Waals surface area (Å²) in [5.41, 5.74) is 6.08. The molecule has 0 heterocycles. The average molecular weight is 199 g/mol. The molecule has 0 spiro atoms. The van der Waals surface area contributed by atoms with Gasteiger partial charge in [0.25, 0.3) is 0 Å². The quantitative estimate of drug-likeness (QED) is 0.795. The highest BCUT2D eigenvalue weighted by Crippen LogP contribution is 2.25. The van der Waals surface area contributed by atoms with Crippen molar-refractivity contribution in [3.05, 3.63) is 35.4 Å². The van der Waals surface area contributed by atoms with Gasteiger partial charge in [0, 0.05) is 11.6 Å². The van der Waals surface area contributed by atoms with Gasteiger partial charge in [-0.15, -0.1) is 0 Å². The third kappa shape index (κ3) is 2.10. The van der Waals surface area contributed by atoms with E-state index in [-0.39, 0.29) is 11.5 Å². The summed E-state index contributed by atoms with van der Waals surface area (Å²) in [7, 11) is 0. The van der Waals surface area contributed by atoms with E-state index in [0.29, 0.717) is 0 Å². The van der Waals surface area contributed by atoms with E-state index in [0.717, 1.165) is 12.5 Å². The number of nitrogens with two attached hydrogens (primary N) is 1. The van der Waals surface area contributed by atoms with Crippen LogP contribution in [-0.4, -0.2) is 0 Å². The van der Waals surface area contributed by atoms with Crippen LogP contribution in [0.25, 0.3) is 0 Å². The van der Waals surface area contributed by atoms with E-state index in [2.05, 4.69) is 0 Å². The minimum Gasteiger partial charge on any atom is -0.324 e. The van der Waals surface area contributed by atoms with E-state index < -0.39 is 17.7 Å². The molecule has 78 valence electrons. The SMILES string of the molecule is CCC(C)C(N)c1cccc(F)c1F. The van der Waals surface area contributed by atoms with Gasteiger partial charge in [-0.2, -0.15) is 0 Å². The lowest BCUT2D eigenvalue weighted by Crippen LogP contribution is -2.20. The van der Waals surface area contributed by atoms with Crippen LogP contribution < -0.4 is 5.73 Å². The lowest BCUT2D eigenvalue weighted by atomic mass is 9.93. The largest absolute Gasteiger partial charge is 0.324 e. The van der Waals surface area contributed by atoms with Crippen molar-refractivity contribution in [1.29, 1.82) is 0 Å². The molecular weight excluding hydrogens is 184 g/mol. The first-order valence-electron chi connectivity index (χ1n) is 4.77. The number of hydrogen-bond acceptors (Lipinski definition) is 1. The van der Waals surface area contributed by atoms with Crippen LogP contribution in [0.4, 0.5) is 8.78 Å². The Hall–Kier alpha value is -0.960. The predicted octanol–water partition coefficient (Wildman–Crippen LogP) is 3.01. The Labute approximate surface area is 82.9 Å². The van der Waals surface area contributed by atoms with Crippen LogP contribution in [0.1, 0.15) is 31.9 Å². The summed E-state index contributed by atoms with van der Waals surface area (Å²) in [4.78, 5) is 0. The van der Waals surface area contributed by atoms with Crippen LogP contribution in [0.3, 0.4) is 0 Å². The van der Waals surface area contributed by atoms with Crippen LogP contribution in [0.2, 0.25) is 0 Å². The second-order valence-corrected chi connectivity index (χ2v) is 3.55. The molecule has 0 aliphatic rings. The Morgan fingerprint density at radius 2 is 2.00 bits per heavy atom. The van der Waals surface area contributed by atoms with Gasteiger partial charge in [0.2, 0.25) is 0 Å². The van der Waals surface area contributed by atoms with Crippen LogP contribution in [0, 0.1) is 17.6 Å². The third-order valence-corrected chi connectivity index (χ3v) is 2.60. The molecule has 0 fully saturated rings. The molecule has 0 aliphatic heterocycles. The summed E-state index contributed by atoms with van der Waals surface area (Å²) in [6.45, 7) is 3.90. The monoisotopic (exact) mass is 199 g/mol. The highest BCUT2D eigenvalue weighted by atomic mass is 19.2. The number of rotatable bonds is 3. The van der Waals surface area contributed by atoms with Crippen molar-refractivity contribution in [2.24, 2.45) is 11.7 Å². The normalized spacial score (nSPS) is 15.2. The fourth-order valence-corrected chi connectivity index (χ4v) is 1.34. The first-order chi connectivity index (χ1) is 6.57. The smallest absolute Gasteiger partial charge is 0.163 e. The molecule has 0 radical (unpaired) electrons. The van der Waals surface area contributed by atoms with Crippen molar-refractivity contribution < 1.29 is 8.78 Å². The number of halogens is 2. The van der Waals surface area contributed by atoms with Crippen molar-refractivity contribution in [3.63, 3.8) is 0 Å². The number of hydrogen-bond donors (Lipinski definition) is 1. The maximum absolute atomic E-state index is 13.3. The van der Waals surface area contributed by atoms with Gasteiger partial charge in [0.05, 0.1) is 0 Å². The predicted molar refractivity (Wildman–Crippen MR) is 52.7 cm³/mol. The van der Waals surface area contributed by atoms with E-state index in [1.54, 1.807) is 0 Å². The maximum Gasteiger partial charge on any atom is 0.163 e. The van der Waals surface area contributed by atoms with Crippen LogP contribution >= 0.6 is 0 Å². The molecule has 1 rings (SSSR count). The highest BCUT2D eigenvalue weighted by Gasteiger charge is 2.18. The van der Waals surface area contributed by atoms with Gasteiger partial charge < -0.3 is 5.73 Å². The first-order valence-corrected chi connectivity index (χ1v) is 4.77. The fourth-order valence-electron chi connectivity index (χ4n) is 1.34. The summed E-state index contributed by atoms with van der Waals surface area (Å²) in [5, 5.41) is 0. The summed E-state index contributed by atoms with van der Waals surface area (Å²) >= 11 is 0. The lowest BCUT2D eigenvalue weighted by molar-refractivity contribution is 0.423. The molecule has 2 N–H and O–H groups in total. The molecule has 0 amide bonds. The second kappa shape index (κ2) is 4.51. The van der Waals surface area contributed by atoms with Gasteiger partial charge in [-0.1, -0.05) is 32.4 Å². The van der Waals surface area contributed by atoms with Crippen molar-refractivity contribution >= 4 is 0 Å². The van der Waals surface area contributed by atoms with E-state index in [9.17, 15) is 8.78 Å². The Kier molecular flexibility index (Phi) is 3.58. The molecule has 1 aromatic carbocycles. The number of benzene rings is 1. The molecule has 2 unspecified atom stereocenters. The van der Waals surface area contributed by atoms with Crippen molar-refractivity contribution in [2.45, 2.75) is 26.3 Å². The first kappa shape index (κ1) is 11.1. The zero-order chi connectivity index (χ0) is 10.7. The van der Waals surface area contributed by atoms with Crippen molar-refractivity contribution in [2.75, 3.05) is 0 Å². The summed E-state index contributed by atoms with van der Waals surface area (Å²) < 4.78 is 26.2. The van der Waals surface area contributed by atoms with Gasteiger partial charge in [0.1, 0.15) is 0 Å². The standard InChI is InChI=1S/C11H15F2N/c1-3-7(2)11(14)8-5-4-6-9(12)10(8)13/h4-7,11H,3,14H2,1-2H3. The molecule has 1 nitrogen and oxygen atoms in total. The van der Waals surface area contributed by atoms with Gasteiger partial charge in [-0.25, -0.2) is 8.78 Å². The van der Waals surface area contributed by atoms with E-state index in [1.807, 2.05) is 13.8 Å². The molecule has 0 bridgehead atoms. The molecule has 0 saturated heterocycles. The van der Waals surface area contributed by atoms with E-state index >= 15 is 0 Å². The highest BCUT2D eigenvalue weighted by molar-refractivity contribution is 5.22. The molecular formula is C11H15F2N. The van der Waals surface area contributed by atoms with Gasteiger partial charge in [-0.05, 0) is 12.0 Å². The zero-order valence-corrected chi connectivity index (χ0v) is 8.43. The van der Waals surface area contributed by atoms with Crippen molar-refractivity contribution in [1.82, 2.24) is 0 Å². The van der Waals surface area contributed by atoms with Crippen LogP contribution in [0.5, 0.6) is 0 Å². The lowest BCUT2D eigenvalue weighted by Gasteiger charge is -2.19. The van der Waals surface area contributed by atoms with E-state index in [1.165, 1.54) is 12.1 Å². The zero-order valence-electron chi connectivity index (χ0n) is 8.43. The third-order valence-electron chi connectivity index (χ3n) is 2.60. The summed E-state index contributed by atoms with van der Waals surface area (Å²) in [5.74, 6) is -1.51. The van der Waals surface area contributed by atoms with Crippen molar-refractivity contribution in [3.8, 4) is 0 Å². The minimum atomic E-state index is -0.832.